The molecule has 0 N–H and O–H groups in total. The largest absolute Gasteiger partial charge is 0.465 e. The highest BCUT2D eigenvalue weighted by atomic mass is 32.1. The summed E-state index contributed by atoms with van der Waals surface area (Å²) in [4.78, 5) is 14.9. The highest BCUT2D eigenvalue weighted by molar-refractivity contribution is 7.09. The molecule has 0 spiro atoms. The number of carbonyl (C=O) groups is 1. The van der Waals surface area contributed by atoms with Crippen molar-refractivity contribution >= 4 is 17.3 Å². The molecule has 0 fully saturated rings. The lowest BCUT2D eigenvalue weighted by atomic mass is 10.3. The third-order valence-corrected chi connectivity index (χ3v) is 3.38. The third kappa shape index (κ3) is 5.84. The molecule has 17 heavy (non-hydrogen) atoms. The minimum atomic E-state index is -0.114. The van der Waals surface area contributed by atoms with Crippen LogP contribution in [0.15, 0.2) is 17.5 Å². The van der Waals surface area contributed by atoms with Crippen LogP contribution in [0.3, 0.4) is 0 Å². The molecule has 0 saturated heterocycles. The molecule has 1 aromatic heterocycles. The number of likely N-dealkylation sites (N-methyl/N-ethyl adjacent to an activating group) is 1. The van der Waals surface area contributed by atoms with Gasteiger partial charge in [0.25, 0.3) is 0 Å². The summed E-state index contributed by atoms with van der Waals surface area (Å²) in [6, 6.07) is 4.13. The Hall–Kier alpha value is -0.870. The molecule has 0 aromatic carbocycles. The summed E-state index contributed by atoms with van der Waals surface area (Å²) in [6.45, 7) is 6.78. The van der Waals surface area contributed by atoms with Gasteiger partial charge in [-0.15, -0.1) is 11.3 Å². The van der Waals surface area contributed by atoms with E-state index in [0.29, 0.717) is 13.2 Å². The van der Waals surface area contributed by atoms with Gasteiger partial charge in [0.1, 0.15) is 0 Å². The van der Waals surface area contributed by atoms with Crippen LogP contribution in [0.25, 0.3) is 0 Å². The maximum atomic E-state index is 11.6. The second-order valence-electron chi connectivity index (χ2n) is 3.96. The number of nitrogens with zero attached hydrogens (tertiary/aromatic N) is 1. The van der Waals surface area contributed by atoms with Crippen molar-refractivity contribution in [3.63, 3.8) is 0 Å². The van der Waals surface area contributed by atoms with Crippen molar-refractivity contribution in [3.05, 3.63) is 22.4 Å². The highest BCUT2D eigenvalue weighted by Gasteiger charge is 2.10. The van der Waals surface area contributed by atoms with Gasteiger partial charge in [-0.05, 0) is 24.4 Å². The Kier molecular flexibility index (Phi) is 6.89. The van der Waals surface area contributed by atoms with Crippen LogP contribution in [0.5, 0.6) is 0 Å². The van der Waals surface area contributed by atoms with Gasteiger partial charge in [-0.3, -0.25) is 9.69 Å². The molecule has 4 heteroatoms. The van der Waals surface area contributed by atoms with Gasteiger partial charge in [-0.1, -0.05) is 26.3 Å². The van der Waals surface area contributed by atoms with E-state index in [-0.39, 0.29) is 5.97 Å². The molecule has 1 heterocycles. The van der Waals surface area contributed by atoms with Gasteiger partial charge in [0.15, 0.2) is 0 Å². The Bertz CT molecular complexity index is 311. The lowest BCUT2D eigenvalue weighted by molar-refractivity contribution is -0.145. The fourth-order valence-electron chi connectivity index (χ4n) is 1.46. The topological polar surface area (TPSA) is 29.5 Å². The van der Waals surface area contributed by atoms with Crippen molar-refractivity contribution < 1.29 is 9.53 Å². The van der Waals surface area contributed by atoms with Crippen molar-refractivity contribution in [2.75, 3.05) is 19.7 Å². The van der Waals surface area contributed by atoms with Crippen molar-refractivity contribution in [1.82, 2.24) is 4.90 Å². The first kappa shape index (κ1) is 14.2. The molecule has 0 aliphatic rings. The van der Waals surface area contributed by atoms with Crippen LogP contribution in [0.1, 0.15) is 31.6 Å². The smallest absolute Gasteiger partial charge is 0.320 e. The summed E-state index contributed by atoms with van der Waals surface area (Å²) >= 11 is 1.72. The normalized spacial score (nSPS) is 10.8. The summed E-state index contributed by atoms with van der Waals surface area (Å²) in [5, 5.41) is 2.06. The van der Waals surface area contributed by atoms with Crippen molar-refractivity contribution in [3.8, 4) is 0 Å². The van der Waals surface area contributed by atoms with Gasteiger partial charge in [-0.25, -0.2) is 0 Å². The standard InChI is InChI=1S/C13H21NO2S/c1-3-5-8-16-13(15)11-14(4-2)10-12-7-6-9-17-12/h6-7,9H,3-5,8,10-11H2,1-2H3. The zero-order valence-electron chi connectivity index (χ0n) is 10.6. The van der Waals surface area contributed by atoms with Crippen molar-refractivity contribution in [1.29, 1.82) is 0 Å². The summed E-state index contributed by atoms with van der Waals surface area (Å²) in [7, 11) is 0. The maximum absolute atomic E-state index is 11.6. The number of esters is 1. The number of carbonyl (C=O) groups excluding carboxylic acids is 1. The van der Waals surface area contributed by atoms with Crippen LogP contribution in [0.2, 0.25) is 0 Å². The quantitative estimate of drug-likeness (QED) is 0.528. The number of ether oxygens (including phenoxy) is 1. The molecule has 0 bridgehead atoms. The summed E-state index contributed by atoms with van der Waals surface area (Å²) in [5.74, 6) is -0.114. The van der Waals surface area contributed by atoms with Crippen molar-refractivity contribution in [2.24, 2.45) is 0 Å². The minimum Gasteiger partial charge on any atom is -0.465 e. The second kappa shape index (κ2) is 8.25. The van der Waals surface area contributed by atoms with Crippen LogP contribution >= 0.6 is 11.3 Å². The molecule has 1 rings (SSSR count). The van der Waals surface area contributed by atoms with Crippen LogP contribution in [-0.2, 0) is 16.1 Å². The Morgan fingerprint density at radius 2 is 2.29 bits per heavy atom. The Labute approximate surface area is 107 Å². The molecule has 0 aliphatic carbocycles. The van der Waals surface area contributed by atoms with Crippen LogP contribution in [0.4, 0.5) is 0 Å². The van der Waals surface area contributed by atoms with Gasteiger partial charge >= 0.3 is 5.97 Å². The Balaban J connectivity index is 2.28. The number of rotatable bonds is 8. The van der Waals surface area contributed by atoms with Crippen LogP contribution in [-0.4, -0.2) is 30.6 Å². The maximum Gasteiger partial charge on any atom is 0.320 e. The monoisotopic (exact) mass is 255 g/mol. The van der Waals surface area contributed by atoms with Gasteiger partial charge in [0.2, 0.25) is 0 Å². The van der Waals surface area contributed by atoms with Gasteiger partial charge in [0.05, 0.1) is 13.2 Å². The summed E-state index contributed by atoms with van der Waals surface area (Å²) < 4.78 is 5.16. The second-order valence-corrected chi connectivity index (χ2v) is 4.99. The molecule has 0 atom stereocenters. The average molecular weight is 255 g/mol. The fraction of sp³-hybridized carbons (Fsp3) is 0.615. The highest BCUT2D eigenvalue weighted by Crippen LogP contribution is 2.11. The Morgan fingerprint density at radius 1 is 1.47 bits per heavy atom. The lowest BCUT2D eigenvalue weighted by Crippen LogP contribution is -2.30. The lowest BCUT2D eigenvalue weighted by Gasteiger charge is -2.18. The number of unbranched alkanes of at least 4 members (excludes halogenated alkanes) is 1. The molecule has 0 aliphatic heterocycles. The molecule has 96 valence electrons. The Morgan fingerprint density at radius 3 is 2.88 bits per heavy atom. The first-order valence-electron chi connectivity index (χ1n) is 6.16. The molecule has 1 aromatic rings. The van der Waals surface area contributed by atoms with E-state index in [4.69, 9.17) is 4.74 Å². The molecule has 0 unspecified atom stereocenters. The van der Waals surface area contributed by atoms with Crippen LogP contribution in [0, 0.1) is 0 Å². The average Bonchev–Trinajstić information content (AvgIpc) is 2.81. The summed E-state index contributed by atoms with van der Waals surface area (Å²) in [5.41, 5.74) is 0. The number of thiophene rings is 1. The number of hydrogen-bond acceptors (Lipinski definition) is 4. The molecular weight excluding hydrogens is 234 g/mol. The molecule has 0 radical (unpaired) electrons. The van der Waals surface area contributed by atoms with E-state index in [0.717, 1.165) is 25.9 Å². The number of hydrogen-bond donors (Lipinski definition) is 0. The molecule has 0 saturated carbocycles. The van der Waals surface area contributed by atoms with E-state index in [9.17, 15) is 4.79 Å². The van der Waals surface area contributed by atoms with E-state index in [2.05, 4.69) is 30.2 Å². The third-order valence-electron chi connectivity index (χ3n) is 2.52. The SMILES string of the molecule is CCCCOC(=O)CN(CC)Cc1cccs1. The predicted octanol–water partition coefficient (Wildman–Crippen LogP) is 2.91. The van der Waals surface area contributed by atoms with E-state index < -0.39 is 0 Å². The van der Waals surface area contributed by atoms with Crippen molar-refractivity contribution in [2.45, 2.75) is 33.2 Å². The zero-order valence-corrected chi connectivity index (χ0v) is 11.5. The van der Waals surface area contributed by atoms with Gasteiger partial charge in [-0.2, -0.15) is 0 Å². The first-order valence-corrected chi connectivity index (χ1v) is 7.04. The van der Waals surface area contributed by atoms with E-state index in [1.807, 2.05) is 6.07 Å². The zero-order chi connectivity index (χ0) is 12.5. The van der Waals surface area contributed by atoms with E-state index in [1.165, 1.54) is 4.88 Å². The first-order chi connectivity index (χ1) is 8.26. The summed E-state index contributed by atoms with van der Waals surface area (Å²) in [6.07, 6.45) is 2.00. The van der Waals surface area contributed by atoms with E-state index >= 15 is 0 Å². The van der Waals surface area contributed by atoms with Gasteiger partial charge < -0.3 is 4.74 Å². The molecular formula is C13H21NO2S. The predicted molar refractivity (Wildman–Crippen MR) is 71.1 cm³/mol. The minimum absolute atomic E-state index is 0.114. The molecule has 0 amide bonds. The fourth-order valence-corrected chi connectivity index (χ4v) is 2.21. The van der Waals surface area contributed by atoms with Gasteiger partial charge in [0, 0.05) is 11.4 Å². The van der Waals surface area contributed by atoms with Crippen LogP contribution < -0.4 is 0 Å². The van der Waals surface area contributed by atoms with E-state index in [1.54, 1.807) is 11.3 Å². The molecule has 3 nitrogen and oxygen atoms in total.